The molecule has 6 nitrogen and oxygen atoms in total. The highest BCUT2D eigenvalue weighted by atomic mass is 15.1. The molecule has 0 saturated carbocycles. The van der Waals surface area contributed by atoms with Gasteiger partial charge in [-0.2, -0.15) is 0 Å². The summed E-state index contributed by atoms with van der Waals surface area (Å²) < 4.78 is 9.50. The van der Waals surface area contributed by atoms with Gasteiger partial charge in [-0.15, -0.1) is 0 Å². The molecule has 64 heavy (non-hydrogen) atoms. The van der Waals surface area contributed by atoms with Crippen LogP contribution in [0.5, 0.6) is 0 Å². The van der Waals surface area contributed by atoms with Gasteiger partial charge in [0, 0.05) is 78.0 Å². The second-order valence-electron chi connectivity index (χ2n) is 16.6. The van der Waals surface area contributed by atoms with E-state index in [9.17, 15) is 0 Å². The third-order valence-corrected chi connectivity index (χ3v) is 13.3. The maximum Gasteiger partial charge on any atom is 0.137 e. The van der Waals surface area contributed by atoms with Crippen molar-refractivity contribution in [3.05, 3.63) is 219 Å². The maximum atomic E-state index is 5.23. The van der Waals surface area contributed by atoms with Crippen molar-refractivity contribution in [2.45, 2.75) is 0 Å². The lowest BCUT2D eigenvalue weighted by atomic mass is 10.1. The normalized spacial score (nSPS) is 12.1. The van der Waals surface area contributed by atoms with Gasteiger partial charge in [-0.05, 0) is 72.8 Å². The molecular formula is C58H36N6. The Morgan fingerprint density at radius 3 is 0.859 bits per heavy atom. The van der Waals surface area contributed by atoms with Gasteiger partial charge in [-0.1, -0.05) is 133 Å². The lowest BCUT2D eigenvalue weighted by Gasteiger charge is -2.13. The smallest absolute Gasteiger partial charge is 0.137 e. The second-order valence-corrected chi connectivity index (χ2v) is 16.6. The number of hydrogen-bond acceptors (Lipinski definition) is 2. The number of fused-ring (bicyclic) bond motifs is 14. The molecule has 14 rings (SSSR count). The largest absolute Gasteiger partial charge is 0.307 e. The molecule has 0 saturated heterocycles. The highest BCUT2D eigenvalue weighted by Gasteiger charge is 2.23. The summed E-state index contributed by atoms with van der Waals surface area (Å²) in [6.45, 7) is 0. The van der Waals surface area contributed by atoms with Gasteiger partial charge in [0.05, 0.1) is 44.1 Å². The number of nitrogens with zero attached hydrogens (tertiary/aromatic N) is 6. The molecule has 14 aromatic rings. The van der Waals surface area contributed by atoms with Crippen molar-refractivity contribution in [3.8, 4) is 34.1 Å². The standard InChI is InChI=1S/C58H36N6/c1-3-15-39(16-4-1)61-49-23-11-7-19-41(49)45-29-31-47-43-21-9-13-25-51(43)63(57(47)55(45)61)53-33-27-37(35-59-53)38-28-34-54(60-36-38)64-52-26-14-10-22-44(52)48-32-30-46-42-20-8-12-24-50(42)62(56(46)58(48)64)40-17-5-2-6-18-40/h1-36H. The molecule has 0 radical (unpaired) electrons. The Labute approximate surface area is 366 Å². The Morgan fingerprint density at radius 2 is 0.531 bits per heavy atom. The minimum Gasteiger partial charge on any atom is -0.307 e. The fourth-order valence-corrected chi connectivity index (χ4v) is 10.5. The van der Waals surface area contributed by atoms with E-state index in [0.717, 1.165) is 56.2 Å². The van der Waals surface area contributed by atoms with E-state index in [1.54, 1.807) is 0 Å². The van der Waals surface area contributed by atoms with Crippen molar-refractivity contribution in [2.75, 3.05) is 0 Å². The number of benzene rings is 8. The van der Waals surface area contributed by atoms with Gasteiger partial charge < -0.3 is 9.13 Å². The molecular weight excluding hydrogens is 781 g/mol. The Hall–Kier alpha value is -8.74. The summed E-state index contributed by atoms with van der Waals surface area (Å²) in [5.74, 6) is 1.72. The fraction of sp³-hybridized carbons (Fsp3) is 0. The minimum absolute atomic E-state index is 0.861. The SMILES string of the molecule is c1ccc(-n2c3ccccc3c3ccc4c5ccccc5n(-c5ccc(-c6ccc(-n7c8ccccc8c8ccc9c%10ccccc%10n(-c%10ccccc%10)c9c87)nc6)cn5)c4c32)cc1. The number of aromatic nitrogens is 6. The number of para-hydroxylation sites is 6. The van der Waals surface area contributed by atoms with E-state index in [0.29, 0.717) is 0 Å². The lowest BCUT2D eigenvalue weighted by molar-refractivity contribution is 1.07. The van der Waals surface area contributed by atoms with E-state index in [1.807, 2.05) is 12.4 Å². The minimum atomic E-state index is 0.861. The Bertz CT molecular complexity index is 3880. The monoisotopic (exact) mass is 816 g/mol. The average Bonchev–Trinajstić information content (AvgIpc) is 4.10. The van der Waals surface area contributed by atoms with Crippen LogP contribution >= 0.6 is 0 Å². The van der Waals surface area contributed by atoms with Crippen molar-refractivity contribution in [2.24, 2.45) is 0 Å². The molecule has 0 bridgehead atoms. The van der Waals surface area contributed by atoms with E-state index in [-0.39, 0.29) is 0 Å². The first-order valence-electron chi connectivity index (χ1n) is 21.7. The Kier molecular flexibility index (Phi) is 7.30. The van der Waals surface area contributed by atoms with Crippen molar-refractivity contribution >= 4 is 87.2 Å². The van der Waals surface area contributed by atoms with E-state index in [2.05, 4.69) is 225 Å². The van der Waals surface area contributed by atoms with Gasteiger partial charge in [0.25, 0.3) is 0 Å². The fourth-order valence-electron chi connectivity index (χ4n) is 10.5. The van der Waals surface area contributed by atoms with Gasteiger partial charge in [0.15, 0.2) is 0 Å². The third kappa shape index (κ3) is 4.85. The molecule has 0 atom stereocenters. The molecule has 6 heterocycles. The van der Waals surface area contributed by atoms with Gasteiger partial charge >= 0.3 is 0 Å². The van der Waals surface area contributed by atoms with Crippen LogP contribution in [0.4, 0.5) is 0 Å². The van der Waals surface area contributed by atoms with E-state index in [1.165, 1.54) is 65.2 Å². The summed E-state index contributed by atoms with van der Waals surface area (Å²) in [5.41, 5.74) is 13.4. The first-order valence-corrected chi connectivity index (χ1v) is 21.7. The van der Waals surface area contributed by atoms with Gasteiger partial charge in [-0.3, -0.25) is 9.13 Å². The van der Waals surface area contributed by atoms with Crippen LogP contribution in [0.3, 0.4) is 0 Å². The molecule has 0 fully saturated rings. The summed E-state index contributed by atoms with van der Waals surface area (Å²) in [7, 11) is 0. The first-order chi connectivity index (χ1) is 31.8. The predicted molar refractivity (Wildman–Crippen MR) is 265 cm³/mol. The average molecular weight is 817 g/mol. The number of hydrogen-bond donors (Lipinski definition) is 0. The topological polar surface area (TPSA) is 45.5 Å². The van der Waals surface area contributed by atoms with Crippen LogP contribution in [0.2, 0.25) is 0 Å². The quantitative estimate of drug-likeness (QED) is 0.174. The number of rotatable bonds is 5. The molecule has 6 aromatic heterocycles. The molecule has 0 amide bonds. The molecule has 0 unspecified atom stereocenters. The Balaban J connectivity index is 0.936. The molecule has 0 aliphatic carbocycles. The molecule has 0 spiro atoms. The Morgan fingerprint density at radius 1 is 0.234 bits per heavy atom. The first kappa shape index (κ1) is 34.9. The zero-order chi connectivity index (χ0) is 41.9. The molecule has 0 aliphatic rings. The zero-order valence-corrected chi connectivity index (χ0v) is 34.5. The van der Waals surface area contributed by atoms with E-state index < -0.39 is 0 Å². The van der Waals surface area contributed by atoms with Crippen molar-refractivity contribution in [1.82, 2.24) is 28.2 Å². The van der Waals surface area contributed by atoms with Crippen molar-refractivity contribution < 1.29 is 0 Å². The molecule has 0 N–H and O–H groups in total. The van der Waals surface area contributed by atoms with Gasteiger partial charge in [0.1, 0.15) is 11.6 Å². The van der Waals surface area contributed by atoms with Crippen molar-refractivity contribution in [1.29, 1.82) is 0 Å². The summed E-state index contributed by atoms with van der Waals surface area (Å²) >= 11 is 0. The van der Waals surface area contributed by atoms with Crippen LogP contribution in [-0.2, 0) is 0 Å². The van der Waals surface area contributed by atoms with Crippen LogP contribution in [-0.4, -0.2) is 28.2 Å². The molecule has 298 valence electrons. The number of pyridine rings is 2. The summed E-state index contributed by atoms with van der Waals surface area (Å²) in [6.07, 6.45) is 3.98. The van der Waals surface area contributed by atoms with E-state index >= 15 is 0 Å². The molecule has 6 heteroatoms. The summed E-state index contributed by atoms with van der Waals surface area (Å²) in [4.78, 5) is 10.5. The third-order valence-electron chi connectivity index (χ3n) is 13.3. The van der Waals surface area contributed by atoms with Crippen LogP contribution in [0.15, 0.2) is 219 Å². The van der Waals surface area contributed by atoms with Crippen LogP contribution in [0.25, 0.3) is 121 Å². The van der Waals surface area contributed by atoms with Crippen LogP contribution < -0.4 is 0 Å². The van der Waals surface area contributed by atoms with Gasteiger partial charge in [-0.25, -0.2) is 9.97 Å². The maximum absolute atomic E-state index is 5.23. The van der Waals surface area contributed by atoms with Crippen molar-refractivity contribution in [3.63, 3.8) is 0 Å². The van der Waals surface area contributed by atoms with Gasteiger partial charge in [0.2, 0.25) is 0 Å². The highest BCUT2D eigenvalue weighted by molar-refractivity contribution is 6.25. The molecule has 8 aromatic carbocycles. The second kappa shape index (κ2) is 13.4. The highest BCUT2D eigenvalue weighted by Crippen LogP contribution is 2.43. The summed E-state index contributed by atoms with van der Waals surface area (Å²) in [6, 6.07) is 73.9. The predicted octanol–water partition coefficient (Wildman–Crippen LogP) is 14.5. The summed E-state index contributed by atoms with van der Waals surface area (Å²) in [5, 5.41) is 9.66. The lowest BCUT2D eigenvalue weighted by Crippen LogP contribution is -2.01. The van der Waals surface area contributed by atoms with Crippen LogP contribution in [0.1, 0.15) is 0 Å². The van der Waals surface area contributed by atoms with E-state index in [4.69, 9.17) is 9.97 Å². The molecule has 0 aliphatic heterocycles. The van der Waals surface area contributed by atoms with Crippen LogP contribution in [0, 0.1) is 0 Å². The zero-order valence-electron chi connectivity index (χ0n) is 34.5.